The Morgan fingerprint density at radius 2 is 1.77 bits per heavy atom. The number of aromatic nitrogens is 1. The molecule has 1 aromatic carbocycles. The molecule has 0 aliphatic carbocycles. The topological polar surface area (TPSA) is 50.3 Å². The van der Waals surface area contributed by atoms with Crippen molar-refractivity contribution in [3.05, 3.63) is 52.1 Å². The van der Waals surface area contributed by atoms with Crippen molar-refractivity contribution in [2.45, 2.75) is 15.7 Å². The molecule has 4 nitrogen and oxygen atoms in total. The molecule has 0 aliphatic rings. The first kappa shape index (κ1) is 17.6. The van der Waals surface area contributed by atoms with Crippen molar-refractivity contribution < 1.29 is 8.42 Å². The lowest BCUT2D eigenvalue weighted by molar-refractivity contribution is 0.520. The second kappa shape index (κ2) is 7.19. The molecule has 0 fully saturated rings. The third kappa shape index (κ3) is 3.94. The van der Waals surface area contributed by atoms with Crippen molar-refractivity contribution in [1.29, 1.82) is 0 Å². The van der Waals surface area contributed by atoms with Gasteiger partial charge in [0.2, 0.25) is 10.0 Å². The molecule has 0 amide bonds. The van der Waals surface area contributed by atoms with Crippen molar-refractivity contribution in [1.82, 2.24) is 9.29 Å². The highest BCUT2D eigenvalue weighted by Gasteiger charge is 2.17. The molecular formula is C14H14Cl2N2O2S2. The van der Waals surface area contributed by atoms with Gasteiger partial charge in [0.1, 0.15) is 4.90 Å². The summed E-state index contributed by atoms with van der Waals surface area (Å²) >= 11 is 13.7. The molecule has 0 saturated heterocycles. The number of thioether (sulfide) groups is 1. The van der Waals surface area contributed by atoms with Gasteiger partial charge in [-0.05, 0) is 29.8 Å². The highest BCUT2D eigenvalue weighted by Crippen LogP contribution is 2.31. The number of sulfonamides is 1. The van der Waals surface area contributed by atoms with Gasteiger partial charge in [0, 0.05) is 36.1 Å². The van der Waals surface area contributed by atoms with Crippen LogP contribution in [0.25, 0.3) is 0 Å². The lowest BCUT2D eigenvalue weighted by Gasteiger charge is -2.11. The average molecular weight is 377 g/mol. The summed E-state index contributed by atoms with van der Waals surface area (Å²) < 4.78 is 25.1. The Morgan fingerprint density at radius 3 is 2.27 bits per heavy atom. The van der Waals surface area contributed by atoms with Crippen LogP contribution in [0.2, 0.25) is 10.0 Å². The van der Waals surface area contributed by atoms with Gasteiger partial charge >= 0.3 is 0 Å². The second-order valence-corrected chi connectivity index (χ2v) is 8.57. The van der Waals surface area contributed by atoms with Crippen molar-refractivity contribution in [3.63, 3.8) is 0 Å². The van der Waals surface area contributed by atoms with E-state index in [1.54, 1.807) is 30.3 Å². The Morgan fingerprint density at radius 1 is 1.14 bits per heavy atom. The molecule has 0 N–H and O–H groups in total. The molecule has 118 valence electrons. The van der Waals surface area contributed by atoms with Gasteiger partial charge in [-0.25, -0.2) is 17.7 Å². The summed E-state index contributed by atoms with van der Waals surface area (Å²) in [5, 5.41) is 1.91. The van der Waals surface area contributed by atoms with Gasteiger partial charge in [-0.2, -0.15) is 0 Å². The third-order valence-corrected chi connectivity index (χ3v) is 6.39. The minimum absolute atomic E-state index is 0.164. The largest absolute Gasteiger partial charge is 0.249 e. The molecule has 0 spiro atoms. The van der Waals surface area contributed by atoms with Gasteiger partial charge < -0.3 is 0 Å². The molecule has 1 heterocycles. The van der Waals surface area contributed by atoms with Gasteiger partial charge in [0.25, 0.3) is 0 Å². The Labute approximate surface area is 144 Å². The zero-order valence-corrected chi connectivity index (χ0v) is 15.1. The number of nitrogens with zero attached hydrogens (tertiary/aromatic N) is 2. The van der Waals surface area contributed by atoms with Crippen molar-refractivity contribution in [3.8, 4) is 0 Å². The fourth-order valence-corrected chi connectivity index (χ4v) is 4.06. The van der Waals surface area contributed by atoms with Crippen LogP contribution >= 0.6 is 35.0 Å². The van der Waals surface area contributed by atoms with Crippen molar-refractivity contribution >= 4 is 45.0 Å². The molecule has 0 saturated carbocycles. The van der Waals surface area contributed by atoms with Crippen LogP contribution in [0, 0.1) is 0 Å². The maximum absolute atomic E-state index is 12.0. The molecular weight excluding hydrogens is 363 g/mol. The van der Waals surface area contributed by atoms with Gasteiger partial charge in [-0.15, -0.1) is 11.8 Å². The van der Waals surface area contributed by atoms with E-state index >= 15 is 0 Å². The number of rotatable bonds is 5. The first-order valence-electron chi connectivity index (χ1n) is 6.26. The van der Waals surface area contributed by atoms with Crippen LogP contribution in [0.4, 0.5) is 0 Å². The number of pyridine rings is 1. The zero-order valence-electron chi connectivity index (χ0n) is 12.0. The smallest absolute Gasteiger partial charge is 0.244 e. The molecule has 1 aromatic heterocycles. The van der Waals surface area contributed by atoms with Gasteiger partial charge in [0.15, 0.2) is 0 Å². The average Bonchev–Trinajstić information content (AvgIpc) is 2.47. The van der Waals surface area contributed by atoms with Crippen LogP contribution in [-0.4, -0.2) is 31.8 Å². The summed E-state index contributed by atoms with van der Waals surface area (Å²) in [6.45, 7) is 0. The Kier molecular flexibility index (Phi) is 5.74. The lowest BCUT2D eigenvalue weighted by Crippen LogP contribution is -2.22. The van der Waals surface area contributed by atoms with E-state index < -0.39 is 10.0 Å². The standard InChI is InChI=1S/C14H14Cl2N2O2S2/c1-18(2)22(19,20)10-6-7-14(17-8-10)21-9-11-12(15)4-3-5-13(11)16/h3-8H,9H2,1-2H3. The summed E-state index contributed by atoms with van der Waals surface area (Å²) in [4.78, 5) is 4.34. The monoisotopic (exact) mass is 376 g/mol. The Bertz CT molecular complexity index is 743. The van der Waals surface area contributed by atoms with E-state index in [1.165, 1.54) is 32.1 Å². The summed E-state index contributed by atoms with van der Waals surface area (Å²) in [6.07, 6.45) is 1.35. The van der Waals surface area contributed by atoms with E-state index in [4.69, 9.17) is 23.2 Å². The molecule has 2 rings (SSSR count). The lowest BCUT2D eigenvalue weighted by atomic mass is 10.2. The molecule has 0 bridgehead atoms. The molecule has 0 atom stereocenters. The van der Waals surface area contributed by atoms with Crippen LogP contribution < -0.4 is 0 Å². The van der Waals surface area contributed by atoms with Gasteiger partial charge in [-0.3, -0.25) is 0 Å². The second-order valence-electron chi connectivity index (χ2n) is 4.61. The highest BCUT2D eigenvalue weighted by atomic mass is 35.5. The minimum atomic E-state index is -3.45. The van der Waals surface area contributed by atoms with Gasteiger partial charge in [-0.1, -0.05) is 29.3 Å². The van der Waals surface area contributed by atoms with Crippen LogP contribution in [0.5, 0.6) is 0 Å². The summed E-state index contributed by atoms with van der Waals surface area (Å²) in [5.74, 6) is 0.561. The van der Waals surface area contributed by atoms with Crippen LogP contribution in [0.3, 0.4) is 0 Å². The van der Waals surface area contributed by atoms with E-state index in [2.05, 4.69) is 4.98 Å². The third-order valence-electron chi connectivity index (χ3n) is 2.91. The number of hydrogen-bond acceptors (Lipinski definition) is 4. The van der Waals surface area contributed by atoms with Gasteiger partial charge in [0.05, 0.1) is 5.03 Å². The summed E-state index contributed by atoms with van der Waals surface area (Å²) in [6, 6.07) is 8.57. The molecule has 22 heavy (non-hydrogen) atoms. The quantitative estimate of drug-likeness (QED) is 0.741. The predicted octanol–water partition coefficient (Wildman–Crippen LogP) is 3.93. The van der Waals surface area contributed by atoms with E-state index in [1.807, 2.05) is 0 Å². The minimum Gasteiger partial charge on any atom is -0.249 e. The molecule has 0 aliphatic heterocycles. The molecule has 0 unspecified atom stereocenters. The Hall–Kier alpha value is -0.790. The zero-order chi connectivity index (χ0) is 16.3. The molecule has 2 aromatic rings. The van der Waals surface area contributed by atoms with Crippen molar-refractivity contribution in [2.75, 3.05) is 14.1 Å². The molecule has 8 heteroatoms. The van der Waals surface area contributed by atoms with E-state index in [9.17, 15) is 8.42 Å². The predicted molar refractivity (Wildman–Crippen MR) is 91.1 cm³/mol. The Balaban J connectivity index is 2.13. The van der Waals surface area contributed by atoms with Crippen LogP contribution in [0.1, 0.15) is 5.56 Å². The van der Waals surface area contributed by atoms with E-state index in [0.717, 1.165) is 9.87 Å². The first-order valence-corrected chi connectivity index (χ1v) is 9.45. The fourth-order valence-electron chi connectivity index (χ4n) is 1.63. The van der Waals surface area contributed by atoms with Crippen LogP contribution in [-0.2, 0) is 15.8 Å². The summed E-state index contributed by atoms with van der Waals surface area (Å²) in [7, 11) is -0.488. The first-order chi connectivity index (χ1) is 10.3. The normalized spacial score (nSPS) is 11.9. The maximum Gasteiger partial charge on any atom is 0.244 e. The maximum atomic E-state index is 12.0. The van der Waals surface area contributed by atoms with E-state index in [-0.39, 0.29) is 4.90 Å². The van der Waals surface area contributed by atoms with Crippen LogP contribution in [0.15, 0.2) is 46.5 Å². The fraction of sp³-hybridized carbons (Fsp3) is 0.214. The van der Waals surface area contributed by atoms with Crippen molar-refractivity contribution in [2.24, 2.45) is 0 Å². The highest BCUT2D eigenvalue weighted by molar-refractivity contribution is 7.98. The number of halogens is 2. The SMILES string of the molecule is CN(C)S(=O)(=O)c1ccc(SCc2c(Cl)cccc2Cl)nc1. The number of hydrogen-bond donors (Lipinski definition) is 0. The number of benzene rings is 1. The molecule has 0 radical (unpaired) electrons. The summed E-state index contributed by atoms with van der Waals surface area (Å²) in [5.41, 5.74) is 0.836. The van der Waals surface area contributed by atoms with E-state index in [0.29, 0.717) is 20.8 Å².